The number of esters is 1. The van der Waals surface area contributed by atoms with E-state index in [1.807, 2.05) is 6.92 Å². The lowest BCUT2D eigenvalue weighted by atomic mass is 10.2. The highest BCUT2D eigenvalue weighted by Gasteiger charge is 2.11. The molecule has 0 radical (unpaired) electrons. The molecular weight excluding hydrogens is 208 g/mol. The van der Waals surface area contributed by atoms with Crippen LogP contribution in [0, 0.1) is 0 Å². The van der Waals surface area contributed by atoms with Crippen molar-refractivity contribution in [2.24, 2.45) is 5.73 Å². The lowest BCUT2D eigenvalue weighted by Crippen LogP contribution is -2.20. The fourth-order valence-electron chi connectivity index (χ4n) is 1.24. The highest BCUT2D eigenvalue weighted by Crippen LogP contribution is 2.09. The summed E-state index contributed by atoms with van der Waals surface area (Å²) >= 11 is 0. The van der Waals surface area contributed by atoms with Gasteiger partial charge in [-0.2, -0.15) is 0 Å². The maximum absolute atomic E-state index is 10.5. The average Bonchev–Trinajstić information content (AvgIpc) is 2.80. The number of carbonyl (C=O) groups is 1. The van der Waals surface area contributed by atoms with Gasteiger partial charge in [-0.1, -0.05) is 6.92 Å². The highest BCUT2D eigenvalue weighted by molar-refractivity contribution is 5.71. The van der Waals surface area contributed by atoms with Crippen molar-refractivity contribution in [2.45, 2.75) is 32.3 Å². The van der Waals surface area contributed by atoms with Gasteiger partial charge in [0, 0.05) is 13.2 Å². The summed E-state index contributed by atoms with van der Waals surface area (Å²) in [6.45, 7) is 4.41. The summed E-state index contributed by atoms with van der Waals surface area (Å²) in [7, 11) is 1.72. The number of hydrogen-bond donors (Lipinski definition) is 2. The fourth-order valence-corrected chi connectivity index (χ4v) is 1.24. The Bertz CT molecular complexity index is 171. The van der Waals surface area contributed by atoms with Gasteiger partial charge < -0.3 is 20.5 Å². The molecule has 96 valence electrons. The van der Waals surface area contributed by atoms with Gasteiger partial charge in [0.25, 0.3) is 0 Å². The van der Waals surface area contributed by atoms with Gasteiger partial charge in [0.1, 0.15) is 0 Å². The summed E-state index contributed by atoms with van der Waals surface area (Å²) < 4.78 is 9.91. The molecule has 3 N–H and O–H groups in total. The first-order valence-electron chi connectivity index (χ1n) is 5.86. The topological polar surface area (TPSA) is 73.6 Å². The molecule has 0 aliphatic carbocycles. The molecule has 1 unspecified atom stereocenters. The number of ether oxygens (including phenoxy) is 2. The Morgan fingerprint density at radius 2 is 2.38 bits per heavy atom. The summed E-state index contributed by atoms with van der Waals surface area (Å²) in [4.78, 5) is 10.5. The zero-order valence-electron chi connectivity index (χ0n) is 10.3. The van der Waals surface area contributed by atoms with Crippen LogP contribution in [0.4, 0.5) is 0 Å². The molecule has 5 heteroatoms. The van der Waals surface area contributed by atoms with Crippen LogP contribution in [0.2, 0.25) is 0 Å². The van der Waals surface area contributed by atoms with Crippen molar-refractivity contribution >= 4 is 5.97 Å². The van der Waals surface area contributed by atoms with E-state index in [1.165, 1.54) is 6.42 Å². The maximum atomic E-state index is 10.5. The predicted octanol–water partition coefficient (Wildman–Crippen LogP) is 0.283. The van der Waals surface area contributed by atoms with E-state index in [-0.39, 0.29) is 5.97 Å². The summed E-state index contributed by atoms with van der Waals surface area (Å²) in [6, 6.07) is 0. The average molecular weight is 232 g/mol. The molecule has 1 heterocycles. The molecule has 1 atom stereocenters. The molecule has 0 bridgehead atoms. The predicted molar refractivity (Wildman–Crippen MR) is 63.2 cm³/mol. The normalized spacial score (nSPS) is 18.8. The molecule has 1 fully saturated rings. The molecule has 1 aliphatic rings. The van der Waals surface area contributed by atoms with Gasteiger partial charge >= 0.3 is 5.97 Å². The van der Waals surface area contributed by atoms with Crippen LogP contribution >= 0.6 is 0 Å². The second-order valence-corrected chi connectivity index (χ2v) is 3.62. The Morgan fingerprint density at radius 1 is 1.62 bits per heavy atom. The third kappa shape index (κ3) is 8.64. The van der Waals surface area contributed by atoms with Crippen LogP contribution in [0.1, 0.15) is 26.2 Å². The first kappa shape index (κ1) is 15.3. The van der Waals surface area contributed by atoms with Crippen molar-refractivity contribution in [3.8, 4) is 0 Å². The molecule has 0 aromatic rings. The maximum Gasteiger partial charge on any atom is 0.319 e. The minimum atomic E-state index is -0.181. The van der Waals surface area contributed by atoms with Gasteiger partial charge in [0.2, 0.25) is 0 Å². The largest absolute Gasteiger partial charge is 0.465 e. The van der Waals surface area contributed by atoms with Crippen molar-refractivity contribution in [1.82, 2.24) is 5.32 Å². The van der Waals surface area contributed by atoms with E-state index in [1.54, 1.807) is 7.05 Å². The van der Waals surface area contributed by atoms with Crippen LogP contribution in [0.5, 0.6) is 0 Å². The number of rotatable bonds is 5. The summed E-state index contributed by atoms with van der Waals surface area (Å²) in [5, 5.41) is 2.70. The Morgan fingerprint density at radius 3 is 2.75 bits per heavy atom. The Hall–Kier alpha value is -0.650. The standard InChI is InChI=1S/C6H13NO2.C5H11NO/c1-3-4-9-6(8)5-7-2;6-4-5-2-1-3-7-5/h7H,3-5H2,1-2H3;5H,1-4,6H2. The van der Waals surface area contributed by atoms with Crippen LogP contribution < -0.4 is 11.1 Å². The van der Waals surface area contributed by atoms with E-state index in [4.69, 9.17) is 15.2 Å². The van der Waals surface area contributed by atoms with Crippen molar-refractivity contribution in [3.05, 3.63) is 0 Å². The third-order valence-corrected chi connectivity index (χ3v) is 2.08. The minimum absolute atomic E-state index is 0.181. The molecule has 0 aromatic heterocycles. The molecule has 0 amide bonds. The van der Waals surface area contributed by atoms with Crippen molar-refractivity contribution in [3.63, 3.8) is 0 Å². The van der Waals surface area contributed by atoms with Crippen LogP contribution in [0.3, 0.4) is 0 Å². The van der Waals surface area contributed by atoms with E-state index in [9.17, 15) is 4.79 Å². The van der Waals surface area contributed by atoms with E-state index in [0.29, 0.717) is 25.8 Å². The molecule has 0 spiro atoms. The molecule has 1 aliphatic heterocycles. The van der Waals surface area contributed by atoms with Crippen LogP contribution in [0.25, 0.3) is 0 Å². The van der Waals surface area contributed by atoms with Gasteiger partial charge in [-0.15, -0.1) is 0 Å². The molecule has 0 saturated carbocycles. The van der Waals surface area contributed by atoms with Crippen molar-refractivity contribution < 1.29 is 14.3 Å². The van der Waals surface area contributed by atoms with Crippen LogP contribution in [-0.4, -0.2) is 45.4 Å². The van der Waals surface area contributed by atoms with E-state index in [0.717, 1.165) is 19.4 Å². The van der Waals surface area contributed by atoms with Gasteiger partial charge in [-0.05, 0) is 26.3 Å². The highest BCUT2D eigenvalue weighted by atomic mass is 16.5. The quantitative estimate of drug-likeness (QED) is 0.666. The minimum Gasteiger partial charge on any atom is -0.465 e. The van der Waals surface area contributed by atoms with Gasteiger partial charge in [-0.3, -0.25) is 4.79 Å². The zero-order valence-corrected chi connectivity index (χ0v) is 10.3. The van der Waals surface area contributed by atoms with E-state index >= 15 is 0 Å². The Balaban J connectivity index is 0.000000288. The van der Waals surface area contributed by atoms with Gasteiger partial charge in [0.15, 0.2) is 0 Å². The third-order valence-electron chi connectivity index (χ3n) is 2.08. The number of nitrogens with two attached hydrogens (primary N) is 1. The van der Waals surface area contributed by atoms with Gasteiger partial charge in [0.05, 0.1) is 19.3 Å². The number of nitrogens with one attached hydrogen (secondary N) is 1. The molecule has 16 heavy (non-hydrogen) atoms. The first-order valence-corrected chi connectivity index (χ1v) is 5.86. The molecule has 0 aromatic carbocycles. The lowest BCUT2D eigenvalue weighted by Gasteiger charge is -2.01. The number of likely N-dealkylation sites (N-methyl/N-ethyl adjacent to an activating group) is 1. The fraction of sp³-hybridized carbons (Fsp3) is 0.909. The number of carbonyl (C=O) groups excluding carboxylic acids is 1. The SMILES string of the molecule is CCCOC(=O)CNC.NCC1CCCO1. The molecule has 1 saturated heterocycles. The second kappa shape index (κ2) is 10.9. The van der Waals surface area contributed by atoms with Gasteiger partial charge in [-0.25, -0.2) is 0 Å². The second-order valence-electron chi connectivity index (χ2n) is 3.62. The molecule has 1 rings (SSSR count). The molecule has 5 nitrogen and oxygen atoms in total. The monoisotopic (exact) mass is 232 g/mol. The van der Waals surface area contributed by atoms with E-state index < -0.39 is 0 Å². The van der Waals surface area contributed by atoms with Crippen LogP contribution in [0.15, 0.2) is 0 Å². The first-order chi connectivity index (χ1) is 7.74. The molecular formula is C11H24N2O3. The summed E-state index contributed by atoms with van der Waals surface area (Å²) in [5.74, 6) is -0.181. The van der Waals surface area contributed by atoms with E-state index in [2.05, 4.69) is 5.32 Å². The lowest BCUT2D eigenvalue weighted by molar-refractivity contribution is -0.142. The summed E-state index contributed by atoms with van der Waals surface area (Å²) in [5.41, 5.74) is 5.31. The zero-order chi connectivity index (χ0) is 12.2. The van der Waals surface area contributed by atoms with Crippen LogP contribution in [-0.2, 0) is 14.3 Å². The Labute approximate surface area is 97.7 Å². The van der Waals surface area contributed by atoms with Crippen molar-refractivity contribution in [1.29, 1.82) is 0 Å². The van der Waals surface area contributed by atoms with Crippen molar-refractivity contribution in [2.75, 3.05) is 33.4 Å². The summed E-state index contributed by atoms with van der Waals surface area (Å²) in [6.07, 6.45) is 3.62. The smallest absolute Gasteiger partial charge is 0.319 e. The Kier molecular flexibility index (Phi) is 10.4. The number of hydrogen-bond acceptors (Lipinski definition) is 5.